The summed E-state index contributed by atoms with van der Waals surface area (Å²) in [6, 6.07) is 9.27. The van der Waals surface area contributed by atoms with Crippen molar-refractivity contribution in [3.63, 3.8) is 0 Å². The Labute approximate surface area is 79.2 Å². The summed E-state index contributed by atoms with van der Waals surface area (Å²) in [6.07, 6.45) is 7.69. The molecule has 2 N–H and O–H groups in total. The highest BCUT2D eigenvalue weighted by Gasteiger charge is 2.23. The summed E-state index contributed by atoms with van der Waals surface area (Å²) >= 11 is 0. The van der Waals surface area contributed by atoms with Crippen molar-refractivity contribution >= 4 is 0 Å². The fourth-order valence-electron chi connectivity index (χ4n) is 2.05. The molecule has 0 heterocycles. The summed E-state index contributed by atoms with van der Waals surface area (Å²) in [4.78, 5) is 0. The highest BCUT2D eigenvalue weighted by molar-refractivity contribution is 5.32. The van der Waals surface area contributed by atoms with E-state index in [4.69, 9.17) is 6.42 Å². The van der Waals surface area contributed by atoms with Crippen LogP contribution in [0.4, 0.5) is 0 Å². The zero-order valence-corrected chi connectivity index (χ0v) is 7.66. The van der Waals surface area contributed by atoms with Crippen LogP contribution in [0.3, 0.4) is 0 Å². The Morgan fingerprint density at radius 3 is 3.15 bits per heavy atom. The largest absolute Gasteiger partial charge is 0.330 e. The number of benzene rings is 1. The standard InChI is InChI=1S/C12H13N/c1-2-9-13-12-8-7-10-5-3-4-6-11(10)12/h1,3-6,12-13H,7-9H2/p+1/t12-/m1/s1. The Morgan fingerprint density at radius 1 is 1.46 bits per heavy atom. The molecule has 0 fully saturated rings. The number of hydrogen-bond donors (Lipinski definition) is 1. The second-order valence-corrected chi connectivity index (χ2v) is 3.49. The highest BCUT2D eigenvalue weighted by Crippen LogP contribution is 2.27. The summed E-state index contributed by atoms with van der Waals surface area (Å²) in [6.45, 7) is 0.791. The first-order chi connectivity index (χ1) is 6.42. The van der Waals surface area contributed by atoms with E-state index in [2.05, 4.69) is 35.5 Å². The lowest BCUT2D eigenvalue weighted by Gasteiger charge is -2.07. The molecule has 1 aromatic rings. The molecule has 0 aliphatic heterocycles. The summed E-state index contributed by atoms with van der Waals surface area (Å²) in [5.41, 5.74) is 2.98. The van der Waals surface area contributed by atoms with Crippen LogP contribution in [0.1, 0.15) is 23.6 Å². The maximum atomic E-state index is 5.25. The van der Waals surface area contributed by atoms with E-state index in [-0.39, 0.29) is 0 Å². The second kappa shape index (κ2) is 3.64. The first-order valence-electron chi connectivity index (χ1n) is 4.76. The Bertz CT molecular complexity index is 335. The van der Waals surface area contributed by atoms with Gasteiger partial charge in [0.2, 0.25) is 0 Å². The number of fused-ring (bicyclic) bond motifs is 1. The molecule has 13 heavy (non-hydrogen) atoms. The third-order valence-electron chi connectivity index (χ3n) is 2.70. The minimum atomic E-state index is 0.604. The maximum absolute atomic E-state index is 5.25. The molecule has 1 aliphatic rings. The van der Waals surface area contributed by atoms with Crippen LogP contribution in [0.5, 0.6) is 0 Å². The first kappa shape index (κ1) is 8.34. The van der Waals surface area contributed by atoms with Crippen molar-refractivity contribution in [2.75, 3.05) is 6.54 Å². The van der Waals surface area contributed by atoms with Crippen molar-refractivity contribution in [2.24, 2.45) is 0 Å². The van der Waals surface area contributed by atoms with E-state index in [1.54, 1.807) is 0 Å². The van der Waals surface area contributed by atoms with Crippen molar-refractivity contribution in [1.29, 1.82) is 0 Å². The molecule has 0 saturated heterocycles. The molecule has 0 saturated carbocycles. The summed E-state index contributed by atoms with van der Waals surface area (Å²) < 4.78 is 0. The number of terminal acetylenes is 1. The number of rotatable bonds is 2. The Balaban J connectivity index is 2.15. The van der Waals surface area contributed by atoms with Crippen LogP contribution in [0, 0.1) is 12.3 Å². The number of quaternary nitrogens is 1. The molecule has 1 atom stereocenters. The van der Waals surface area contributed by atoms with E-state index in [1.165, 1.54) is 24.0 Å². The van der Waals surface area contributed by atoms with Crippen LogP contribution in [0.15, 0.2) is 24.3 Å². The lowest BCUT2D eigenvalue weighted by molar-refractivity contribution is -0.685. The minimum absolute atomic E-state index is 0.604. The van der Waals surface area contributed by atoms with Crippen molar-refractivity contribution < 1.29 is 5.32 Å². The van der Waals surface area contributed by atoms with Crippen LogP contribution in [0.2, 0.25) is 0 Å². The fourth-order valence-corrected chi connectivity index (χ4v) is 2.05. The van der Waals surface area contributed by atoms with Gasteiger partial charge in [0.1, 0.15) is 12.6 Å². The van der Waals surface area contributed by atoms with Gasteiger partial charge in [-0.25, -0.2) is 0 Å². The summed E-state index contributed by atoms with van der Waals surface area (Å²) in [7, 11) is 0. The first-order valence-corrected chi connectivity index (χ1v) is 4.76. The topological polar surface area (TPSA) is 16.6 Å². The molecule has 2 rings (SSSR count). The third kappa shape index (κ3) is 1.59. The molecule has 0 unspecified atom stereocenters. The van der Waals surface area contributed by atoms with Crippen LogP contribution < -0.4 is 5.32 Å². The van der Waals surface area contributed by atoms with Crippen molar-refractivity contribution in [3.05, 3.63) is 35.4 Å². The van der Waals surface area contributed by atoms with Gasteiger partial charge < -0.3 is 5.32 Å². The van der Waals surface area contributed by atoms with E-state index in [0.29, 0.717) is 6.04 Å². The van der Waals surface area contributed by atoms with Gasteiger partial charge in [0, 0.05) is 12.0 Å². The van der Waals surface area contributed by atoms with Gasteiger partial charge in [-0.3, -0.25) is 0 Å². The normalized spacial score (nSPS) is 19.5. The zero-order valence-electron chi connectivity index (χ0n) is 7.66. The molecule has 66 valence electrons. The third-order valence-corrected chi connectivity index (χ3v) is 2.70. The average Bonchev–Trinajstić information content (AvgIpc) is 2.58. The second-order valence-electron chi connectivity index (χ2n) is 3.49. The summed E-state index contributed by atoms with van der Waals surface area (Å²) in [5, 5.41) is 2.26. The number of aryl methyl sites for hydroxylation is 1. The van der Waals surface area contributed by atoms with E-state index in [0.717, 1.165) is 6.54 Å². The van der Waals surface area contributed by atoms with Gasteiger partial charge in [-0.15, -0.1) is 6.42 Å². The van der Waals surface area contributed by atoms with E-state index >= 15 is 0 Å². The molecule has 1 nitrogen and oxygen atoms in total. The Hall–Kier alpha value is -1.26. The molecule has 0 spiro atoms. The lowest BCUT2D eigenvalue weighted by atomic mass is 10.1. The Kier molecular flexibility index (Phi) is 2.33. The van der Waals surface area contributed by atoms with Gasteiger partial charge in [-0.2, -0.15) is 0 Å². The monoisotopic (exact) mass is 172 g/mol. The maximum Gasteiger partial charge on any atom is 0.138 e. The van der Waals surface area contributed by atoms with E-state index in [1.807, 2.05) is 0 Å². The quantitative estimate of drug-likeness (QED) is 0.637. The highest BCUT2D eigenvalue weighted by atomic mass is 14.9. The van der Waals surface area contributed by atoms with Gasteiger partial charge in [0.05, 0.1) is 0 Å². The van der Waals surface area contributed by atoms with Gasteiger partial charge >= 0.3 is 0 Å². The molecule has 0 amide bonds. The fraction of sp³-hybridized carbons (Fsp3) is 0.333. The molecule has 0 bridgehead atoms. The Morgan fingerprint density at radius 2 is 2.31 bits per heavy atom. The predicted molar refractivity (Wildman–Crippen MR) is 53.1 cm³/mol. The van der Waals surface area contributed by atoms with Crippen LogP contribution in [-0.2, 0) is 6.42 Å². The lowest BCUT2D eigenvalue weighted by Crippen LogP contribution is -2.84. The number of nitrogens with two attached hydrogens (primary N) is 1. The smallest absolute Gasteiger partial charge is 0.138 e. The molecular formula is C12H14N+. The summed E-state index contributed by atoms with van der Waals surface area (Å²) in [5.74, 6) is 2.67. The molecule has 1 aromatic carbocycles. The minimum Gasteiger partial charge on any atom is -0.330 e. The van der Waals surface area contributed by atoms with Crippen LogP contribution in [0.25, 0.3) is 0 Å². The number of hydrogen-bond acceptors (Lipinski definition) is 0. The van der Waals surface area contributed by atoms with Crippen LogP contribution >= 0.6 is 0 Å². The van der Waals surface area contributed by atoms with Gasteiger partial charge in [0.25, 0.3) is 0 Å². The molecule has 1 heteroatoms. The van der Waals surface area contributed by atoms with Gasteiger partial charge in [0.15, 0.2) is 0 Å². The SMILES string of the molecule is C#CC[NH2+][C@@H]1CCc2ccccc21. The van der Waals surface area contributed by atoms with Crippen molar-refractivity contribution in [1.82, 2.24) is 0 Å². The van der Waals surface area contributed by atoms with E-state index in [9.17, 15) is 0 Å². The average molecular weight is 172 g/mol. The molecule has 0 radical (unpaired) electrons. The molecule has 0 aromatic heterocycles. The van der Waals surface area contributed by atoms with Gasteiger partial charge in [-0.05, 0) is 17.9 Å². The van der Waals surface area contributed by atoms with Crippen molar-refractivity contribution in [2.45, 2.75) is 18.9 Å². The van der Waals surface area contributed by atoms with Crippen molar-refractivity contribution in [3.8, 4) is 12.3 Å². The van der Waals surface area contributed by atoms with E-state index < -0.39 is 0 Å². The zero-order chi connectivity index (χ0) is 9.10. The predicted octanol–water partition coefficient (Wildman–Crippen LogP) is 0.870. The van der Waals surface area contributed by atoms with Gasteiger partial charge in [-0.1, -0.05) is 24.3 Å². The van der Waals surface area contributed by atoms with Crippen LogP contribution in [-0.4, -0.2) is 6.54 Å². The molecular weight excluding hydrogens is 158 g/mol. The molecule has 1 aliphatic carbocycles.